The van der Waals surface area contributed by atoms with Crippen LogP contribution in [0.2, 0.25) is 5.02 Å². The molecule has 20 heavy (non-hydrogen) atoms. The predicted octanol–water partition coefficient (Wildman–Crippen LogP) is 2.18. The van der Waals surface area contributed by atoms with Crippen LogP contribution in [0.25, 0.3) is 0 Å². The van der Waals surface area contributed by atoms with Gasteiger partial charge in [0.2, 0.25) is 0 Å². The molecule has 1 heterocycles. The molecular formula is C12H13Cl2NO4S. The second-order valence-corrected chi connectivity index (χ2v) is 7.87. The average molecular weight is 338 g/mol. The largest absolute Gasteiger partial charge is 0.379 e. The van der Waals surface area contributed by atoms with Gasteiger partial charge in [-0.1, -0.05) is 11.6 Å². The molecule has 110 valence electrons. The highest BCUT2D eigenvalue weighted by molar-refractivity contribution is 8.13. The van der Waals surface area contributed by atoms with Crippen LogP contribution < -0.4 is 5.32 Å². The van der Waals surface area contributed by atoms with E-state index in [1.165, 1.54) is 18.2 Å². The second kappa shape index (κ2) is 5.52. The van der Waals surface area contributed by atoms with Gasteiger partial charge in [0.15, 0.2) is 0 Å². The average Bonchev–Trinajstić information content (AvgIpc) is 2.74. The third-order valence-electron chi connectivity index (χ3n) is 3.10. The molecule has 0 radical (unpaired) electrons. The number of amides is 1. The van der Waals surface area contributed by atoms with Gasteiger partial charge in [0.25, 0.3) is 15.0 Å². The molecule has 1 atom stereocenters. The van der Waals surface area contributed by atoms with E-state index < -0.39 is 20.5 Å². The molecule has 5 nitrogen and oxygen atoms in total. The molecule has 1 saturated heterocycles. The fourth-order valence-corrected chi connectivity index (χ4v) is 2.92. The highest BCUT2D eigenvalue weighted by Gasteiger charge is 2.32. The maximum atomic E-state index is 12.2. The highest BCUT2D eigenvalue weighted by Crippen LogP contribution is 2.24. The number of halogens is 2. The van der Waals surface area contributed by atoms with E-state index >= 15 is 0 Å². The number of ether oxygens (including phenoxy) is 1. The van der Waals surface area contributed by atoms with E-state index in [2.05, 4.69) is 5.32 Å². The van der Waals surface area contributed by atoms with E-state index in [9.17, 15) is 13.2 Å². The Labute approximate surface area is 126 Å². The van der Waals surface area contributed by atoms with Crippen LogP contribution in [0.15, 0.2) is 23.1 Å². The highest BCUT2D eigenvalue weighted by atomic mass is 35.7. The summed E-state index contributed by atoms with van der Waals surface area (Å²) in [5, 5.41) is 2.97. The Morgan fingerprint density at radius 1 is 1.45 bits per heavy atom. The van der Waals surface area contributed by atoms with Crippen LogP contribution >= 0.6 is 22.3 Å². The maximum Gasteiger partial charge on any atom is 0.261 e. The Morgan fingerprint density at radius 2 is 2.15 bits per heavy atom. The molecule has 1 aromatic carbocycles. The molecule has 1 N–H and O–H groups in total. The van der Waals surface area contributed by atoms with Gasteiger partial charge >= 0.3 is 0 Å². The first-order chi connectivity index (χ1) is 9.21. The number of nitrogens with one attached hydrogen (secondary N) is 1. The summed E-state index contributed by atoms with van der Waals surface area (Å²) < 4.78 is 27.8. The van der Waals surface area contributed by atoms with Crippen LogP contribution in [0.3, 0.4) is 0 Å². The summed E-state index contributed by atoms with van der Waals surface area (Å²) in [6, 6.07) is 3.75. The van der Waals surface area contributed by atoms with E-state index in [1.807, 2.05) is 6.92 Å². The molecule has 1 fully saturated rings. The summed E-state index contributed by atoms with van der Waals surface area (Å²) in [5.74, 6) is -0.454. The summed E-state index contributed by atoms with van der Waals surface area (Å²) in [5.41, 5.74) is -0.405. The lowest BCUT2D eigenvalue weighted by molar-refractivity contribution is 0.0890. The minimum atomic E-state index is -3.91. The number of carbonyl (C=O) groups is 1. The Balaban J connectivity index is 2.30. The van der Waals surface area contributed by atoms with Gasteiger partial charge in [-0.05, 0) is 31.5 Å². The molecule has 1 aliphatic heterocycles. The summed E-state index contributed by atoms with van der Waals surface area (Å²) >= 11 is 5.94. The van der Waals surface area contributed by atoms with Gasteiger partial charge in [-0.3, -0.25) is 4.79 Å². The van der Waals surface area contributed by atoms with Crippen LogP contribution in [0.5, 0.6) is 0 Å². The number of hydrogen-bond donors (Lipinski definition) is 1. The SMILES string of the molecule is CC1(NC(=O)c2cc(S(=O)(=O)Cl)ccc2Cl)CCOC1. The zero-order chi connectivity index (χ0) is 15.0. The molecule has 0 aliphatic carbocycles. The predicted molar refractivity (Wildman–Crippen MR) is 75.8 cm³/mol. The summed E-state index contributed by atoms with van der Waals surface area (Å²) in [6.45, 7) is 2.83. The molecule has 0 bridgehead atoms. The van der Waals surface area contributed by atoms with E-state index in [0.29, 0.717) is 19.6 Å². The molecule has 1 aromatic rings. The maximum absolute atomic E-state index is 12.2. The molecule has 0 spiro atoms. The first-order valence-electron chi connectivity index (χ1n) is 5.86. The van der Waals surface area contributed by atoms with E-state index in [-0.39, 0.29) is 15.5 Å². The van der Waals surface area contributed by atoms with Crippen molar-refractivity contribution in [1.29, 1.82) is 0 Å². The fraction of sp³-hybridized carbons (Fsp3) is 0.417. The van der Waals surface area contributed by atoms with Gasteiger partial charge in [-0.2, -0.15) is 0 Å². The fourth-order valence-electron chi connectivity index (χ4n) is 1.94. The van der Waals surface area contributed by atoms with Gasteiger partial charge < -0.3 is 10.1 Å². The van der Waals surface area contributed by atoms with Crippen molar-refractivity contribution in [2.24, 2.45) is 0 Å². The van der Waals surface area contributed by atoms with Crippen LogP contribution in [-0.2, 0) is 13.8 Å². The van der Waals surface area contributed by atoms with Gasteiger partial charge in [-0.15, -0.1) is 0 Å². The smallest absolute Gasteiger partial charge is 0.261 e. The monoisotopic (exact) mass is 337 g/mol. The van der Waals surface area contributed by atoms with Gasteiger partial charge in [0, 0.05) is 17.3 Å². The normalized spacial score (nSPS) is 22.8. The zero-order valence-electron chi connectivity index (χ0n) is 10.7. The van der Waals surface area contributed by atoms with Crippen LogP contribution in [0.1, 0.15) is 23.7 Å². The summed E-state index contributed by atoms with van der Waals surface area (Å²) in [7, 11) is 1.35. The molecule has 0 aromatic heterocycles. The van der Waals surface area contributed by atoms with Crippen molar-refractivity contribution in [3.63, 3.8) is 0 Å². The Morgan fingerprint density at radius 3 is 2.70 bits per heavy atom. The summed E-state index contributed by atoms with van der Waals surface area (Å²) in [4.78, 5) is 12.1. The van der Waals surface area contributed by atoms with Crippen molar-refractivity contribution in [3.05, 3.63) is 28.8 Å². The lowest BCUT2D eigenvalue weighted by atomic mass is 10.0. The lowest BCUT2D eigenvalue weighted by Gasteiger charge is -2.23. The van der Waals surface area contributed by atoms with E-state index in [1.54, 1.807) is 0 Å². The van der Waals surface area contributed by atoms with Crippen molar-refractivity contribution < 1.29 is 17.9 Å². The second-order valence-electron chi connectivity index (χ2n) is 4.90. The number of hydrogen-bond acceptors (Lipinski definition) is 4. The Kier molecular flexibility index (Phi) is 4.30. The number of rotatable bonds is 3. The number of benzene rings is 1. The number of carbonyl (C=O) groups excluding carboxylic acids is 1. The quantitative estimate of drug-likeness (QED) is 0.858. The zero-order valence-corrected chi connectivity index (χ0v) is 13.0. The molecule has 1 unspecified atom stereocenters. The third-order valence-corrected chi connectivity index (χ3v) is 4.78. The van der Waals surface area contributed by atoms with Gasteiger partial charge in [0.05, 0.1) is 27.6 Å². The molecule has 1 aliphatic rings. The Bertz CT molecular complexity index is 639. The van der Waals surface area contributed by atoms with Crippen LogP contribution in [0.4, 0.5) is 0 Å². The standard InChI is InChI=1S/C12H13Cl2NO4S/c1-12(4-5-19-7-12)15-11(16)9-6-8(20(14,17)18)2-3-10(9)13/h2-3,6H,4-5,7H2,1H3,(H,15,16). The van der Waals surface area contributed by atoms with Crippen molar-refractivity contribution in [2.45, 2.75) is 23.8 Å². The van der Waals surface area contributed by atoms with Gasteiger partial charge in [0.1, 0.15) is 0 Å². The molecule has 8 heteroatoms. The van der Waals surface area contributed by atoms with E-state index in [4.69, 9.17) is 27.0 Å². The van der Waals surface area contributed by atoms with Crippen molar-refractivity contribution >= 4 is 37.2 Å². The first kappa shape index (κ1) is 15.6. The third kappa shape index (κ3) is 3.44. The lowest BCUT2D eigenvalue weighted by Crippen LogP contribution is -2.46. The first-order valence-corrected chi connectivity index (χ1v) is 8.54. The Hall–Kier alpha value is -0.820. The van der Waals surface area contributed by atoms with Crippen molar-refractivity contribution in [2.75, 3.05) is 13.2 Å². The van der Waals surface area contributed by atoms with Crippen LogP contribution in [0, 0.1) is 0 Å². The van der Waals surface area contributed by atoms with Crippen molar-refractivity contribution in [1.82, 2.24) is 5.32 Å². The minimum absolute atomic E-state index is 0.0708. The molecular weight excluding hydrogens is 325 g/mol. The molecule has 1 amide bonds. The minimum Gasteiger partial charge on any atom is -0.379 e. The van der Waals surface area contributed by atoms with E-state index in [0.717, 1.165) is 0 Å². The van der Waals surface area contributed by atoms with Crippen LogP contribution in [-0.4, -0.2) is 33.1 Å². The summed E-state index contributed by atoms with van der Waals surface area (Å²) in [6.07, 6.45) is 0.684. The molecule has 0 saturated carbocycles. The van der Waals surface area contributed by atoms with Gasteiger partial charge in [-0.25, -0.2) is 8.42 Å². The topological polar surface area (TPSA) is 72.5 Å². The van der Waals surface area contributed by atoms with Crippen molar-refractivity contribution in [3.8, 4) is 0 Å². The molecule has 2 rings (SSSR count).